The zero-order chi connectivity index (χ0) is 12.6. The van der Waals surface area contributed by atoms with Crippen molar-refractivity contribution in [2.75, 3.05) is 18.7 Å². The molecule has 1 aliphatic rings. The zero-order valence-corrected chi connectivity index (χ0v) is 11.4. The lowest BCUT2D eigenvalue weighted by atomic mass is 10.1. The summed E-state index contributed by atoms with van der Waals surface area (Å²) in [5, 5.41) is 0. The SMILES string of the molecule is CC(C)(C(=O)N(CCCl)C1CC1)S(C)(=O)=O. The monoisotopic (exact) mass is 267 g/mol. The van der Waals surface area contributed by atoms with Gasteiger partial charge < -0.3 is 4.90 Å². The number of halogens is 1. The van der Waals surface area contributed by atoms with Crippen LogP contribution < -0.4 is 0 Å². The summed E-state index contributed by atoms with van der Waals surface area (Å²) < 4.78 is 21.8. The van der Waals surface area contributed by atoms with Gasteiger partial charge in [0.15, 0.2) is 9.84 Å². The Morgan fingerprint density at radius 3 is 2.25 bits per heavy atom. The first-order chi connectivity index (χ1) is 7.21. The van der Waals surface area contributed by atoms with Gasteiger partial charge in [0.25, 0.3) is 0 Å². The van der Waals surface area contributed by atoms with Crippen molar-refractivity contribution in [1.29, 1.82) is 0 Å². The van der Waals surface area contributed by atoms with Gasteiger partial charge in [-0.05, 0) is 26.7 Å². The van der Waals surface area contributed by atoms with Gasteiger partial charge in [-0.25, -0.2) is 8.42 Å². The molecular weight excluding hydrogens is 250 g/mol. The van der Waals surface area contributed by atoms with Crippen LogP contribution in [0.4, 0.5) is 0 Å². The van der Waals surface area contributed by atoms with E-state index in [0.717, 1.165) is 19.1 Å². The molecule has 0 aromatic carbocycles. The molecule has 0 unspecified atom stereocenters. The average Bonchev–Trinajstić information content (AvgIpc) is 2.94. The highest BCUT2D eigenvalue weighted by atomic mass is 35.5. The summed E-state index contributed by atoms with van der Waals surface area (Å²) >= 11 is 5.63. The van der Waals surface area contributed by atoms with Gasteiger partial charge in [0.05, 0.1) is 0 Å². The Kier molecular flexibility index (Phi) is 3.90. The summed E-state index contributed by atoms with van der Waals surface area (Å²) in [6, 6.07) is 0.187. The molecule has 0 atom stereocenters. The number of hydrogen-bond acceptors (Lipinski definition) is 3. The maximum Gasteiger partial charge on any atom is 0.243 e. The quantitative estimate of drug-likeness (QED) is 0.700. The summed E-state index contributed by atoms with van der Waals surface area (Å²) in [6.07, 6.45) is 2.99. The topological polar surface area (TPSA) is 54.5 Å². The zero-order valence-electron chi connectivity index (χ0n) is 9.86. The molecular formula is C10H18ClNO3S. The van der Waals surface area contributed by atoms with Gasteiger partial charge in [-0.2, -0.15) is 0 Å². The van der Waals surface area contributed by atoms with Crippen LogP contribution in [0.1, 0.15) is 26.7 Å². The van der Waals surface area contributed by atoms with E-state index >= 15 is 0 Å². The molecule has 0 aromatic rings. The fourth-order valence-electron chi connectivity index (χ4n) is 1.43. The summed E-state index contributed by atoms with van der Waals surface area (Å²) in [6.45, 7) is 3.33. The van der Waals surface area contributed by atoms with Gasteiger partial charge in [-0.3, -0.25) is 4.79 Å². The van der Waals surface area contributed by atoms with Gasteiger partial charge in [0.1, 0.15) is 4.75 Å². The maximum absolute atomic E-state index is 12.2. The van der Waals surface area contributed by atoms with Gasteiger partial charge in [-0.1, -0.05) is 0 Å². The van der Waals surface area contributed by atoms with Crippen molar-refractivity contribution in [2.24, 2.45) is 0 Å². The predicted octanol–water partition coefficient (Wildman–Crippen LogP) is 1.04. The third kappa shape index (κ3) is 2.69. The number of rotatable bonds is 5. The van der Waals surface area contributed by atoms with Crippen LogP contribution in [0.2, 0.25) is 0 Å². The normalized spacial score (nSPS) is 17.2. The number of hydrogen-bond donors (Lipinski definition) is 0. The second-order valence-corrected chi connectivity index (χ2v) is 7.64. The van der Waals surface area contributed by atoms with Crippen molar-refractivity contribution in [3.63, 3.8) is 0 Å². The Hall–Kier alpha value is -0.290. The highest BCUT2D eigenvalue weighted by Gasteiger charge is 2.45. The minimum atomic E-state index is -3.40. The smallest absolute Gasteiger partial charge is 0.243 e. The van der Waals surface area contributed by atoms with Crippen LogP contribution in [-0.2, 0) is 14.6 Å². The van der Waals surface area contributed by atoms with Crippen LogP contribution in [0, 0.1) is 0 Å². The number of sulfone groups is 1. The number of nitrogens with zero attached hydrogens (tertiary/aromatic N) is 1. The average molecular weight is 268 g/mol. The van der Waals surface area contributed by atoms with Gasteiger partial charge in [0, 0.05) is 24.7 Å². The first kappa shape index (κ1) is 13.8. The van der Waals surface area contributed by atoms with E-state index < -0.39 is 14.6 Å². The Labute approximate surface area is 102 Å². The van der Waals surface area contributed by atoms with E-state index in [1.54, 1.807) is 4.90 Å². The van der Waals surface area contributed by atoms with Crippen molar-refractivity contribution >= 4 is 27.3 Å². The van der Waals surface area contributed by atoms with Crippen molar-refractivity contribution in [3.8, 4) is 0 Å². The summed E-state index contributed by atoms with van der Waals surface area (Å²) in [5.41, 5.74) is 0. The molecule has 1 saturated carbocycles. The largest absolute Gasteiger partial charge is 0.337 e. The fourth-order valence-corrected chi connectivity index (χ4v) is 2.05. The third-order valence-electron chi connectivity index (χ3n) is 3.02. The lowest BCUT2D eigenvalue weighted by molar-refractivity contribution is -0.133. The van der Waals surface area contributed by atoms with E-state index in [1.807, 2.05) is 0 Å². The van der Waals surface area contributed by atoms with Crippen molar-refractivity contribution in [2.45, 2.75) is 37.5 Å². The summed E-state index contributed by atoms with van der Waals surface area (Å²) in [5.74, 6) is 0.000352. The van der Waals surface area contributed by atoms with E-state index in [1.165, 1.54) is 13.8 Å². The molecule has 16 heavy (non-hydrogen) atoms. The predicted molar refractivity (Wildman–Crippen MR) is 64.4 cm³/mol. The number of carbonyl (C=O) groups excluding carboxylic acids is 1. The third-order valence-corrected chi connectivity index (χ3v) is 5.21. The van der Waals surface area contributed by atoms with Crippen LogP contribution in [0.3, 0.4) is 0 Å². The van der Waals surface area contributed by atoms with E-state index in [-0.39, 0.29) is 11.9 Å². The van der Waals surface area contributed by atoms with Crippen LogP contribution in [0.5, 0.6) is 0 Å². The van der Waals surface area contributed by atoms with E-state index in [0.29, 0.717) is 12.4 Å². The second kappa shape index (κ2) is 4.53. The van der Waals surface area contributed by atoms with E-state index in [4.69, 9.17) is 11.6 Å². The van der Waals surface area contributed by atoms with Crippen LogP contribution >= 0.6 is 11.6 Å². The van der Waals surface area contributed by atoms with Crippen molar-refractivity contribution in [1.82, 2.24) is 4.90 Å². The van der Waals surface area contributed by atoms with Crippen molar-refractivity contribution in [3.05, 3.63) is 0 Å². The molecule has 1 fully saturated rings. The molecule has 0 aromatic heterocycles. The summed E-state index contributed by atoms with van der Waals surface area (Å²) in [4.78, 5) is 13.8. The first-order valence-corrected chi connectivity index (χ1v) is 7.71. The van der Waals surface area contributed by atoms with E-state index in [2.05, 4.69) is 0 Å². The summed E-state index contributed by atoms with van der Waals surface area (Å²) in [7, 11) is -3.40. The molecule has 0 saturated heterocycles. The molecule has 1 aliphatic carbocycles. The fraction of sp³-hybridized carbons (Fsp3) is 0.900. The Balaban J connectivity index is 2.89. The Morgan fingerprint density at radius 1 is 1.44 bits per heavy atom. The molecule has 6 heteroatoms. The van der Waals surface area contributed by atoms with Crippen LogP contribution in [0.15, 0.2) is 0 Å². The van der Waals surface area contributed by atoms with Gasteiger partial charge >= 0.3 is 0 Å². The lowest BCUT2D eigenvalue weighted by Crippen LogP contribution is -2.51. The first-order valence-electron chi connectivity index (χ1n) is 5.28. The lowest BCUT2D eigenvalue weighted by Gasteiger charge is -2.30. The maximum atomic E-state index is 12.2. The number of amides is 1. The molecule has 94 valence electrons. The minimum Gasteiger partial charge on any atom is -0.337 e. The Bertz CT molecular complexity index is 374. The number of carbonyl (C=O) groups is 1. The second-order valence-electron chi connectivity index (χ2n) is 4.70. The standard InChI is InChI=1S/C10H18ClNO3S/c1-10(2,16(3,14)15)9(13)12(7-6-11)8-4-5-8/h8H,4-7H2,1-3H3. The van der Waals surface area contributed by atoms with Crippen LogP contribution in [-0.4, -0.2) is 48.7 Å². The molecule has 1 amide bonds. The van der Waals surface area contributed by atoms with Crippen LogP contribution in [0.25, 0.3) is 0 Å². The highest BCUT2D eigenvalue weighted by molar-refractivity contribution is 7.92. The van der Waals surface area contributed by atoms with Crippen molar-refractivity contribution < 1.29 is 13.2 Å². The van der Waals surface area contributed by atoms with Gasteiger partial charge in [-0.15, -0.1) is 11.6 Å². The van der Waals surface area contributed by atoms with E-state index in [9.17, 15) is 13.2 Å². The molecule has 0 N–H and O–H groups in total. The minimum absolute atomic E-state index is 0.187. The number of alkyl halides is 1. The molecule has 0 spiro atoms. The highest BCUT2D eigenvalue weighted by Crippen LogP contribution is 2.30. The molecule has 4 nitrogen and oxygen atoms in total. The molecule has 0 aliphatic heterocycles. The molecule has 1 rings (SSSR count). The molecule has 0 bridgehead atoms. The van der Waals surface area contributed by atoms with Gasteiger partial charge in [0.2, 0.25) is 5.91 Å². The Morgan fingerprint density at radius 2 is 1.94 bits per heavy atom. The molecule has 0 heterocycles. The molecule has 0 radical (unpaired) electrons.